The minimum absolute atomic E-state index is 0.0491. The van der Waals surface area contributed by atoms with Crippen LogP contribution in [0.2, 0.25) is 0 Å². The second kappa shape index (κ2) is 6.99. The molecule has 1 fully saturated rings. The molecule has 1 aliphatic heterocycles. The van der Waals surface area contributed by atoms with Crippen LogP contribution in [0.15, 0.2) is 30.7 Å². The van der Waals surface area contributed by atoms with Gasteiger partial charge in [0.25, 0.3) is 5.91 Å². The molecular weight excluding hydrogens is 300 g/mol. The van der Waals surface area contributed by atoms with Gasteiger partial charge in [0.05, 0.1) is 11.3 Å². The molecule has 0 unspecified atom stereocenters. The zero-order valence-electron chi connectivity index (χ0n) is 14.6. The second-order valence-electron chi connectivity index (χ2n) is 6.23. The van der Waals surface area contributed by atoms with Crippen LogP contribution in [0.4, 0.5) is 5.69 Å². The Balaban J connectivity index is 1.71. The molecule has 24 heavy (non-hydrogen) atoms. The summed E-state index contributed by atoms with van der Waals surface area (Å²) in [6, 6.07) is 6.41. The molecule has 2 heterocycles. The van der Waals surface area contributed by atoms with Crippen LogP contribution in [0.25, 0.3) is 0 Å². The minimum Gasteiger partial charge on any atom is -0.368 e. The fraction of sp³-hybridized carbons (Fsp3) is 0.421. The Labute approximate surface area is 143 Å². The molecule has 5 heteroatoms. The number of piperazine rings is 1. The van der Waals surface area contributed by atoms with Crippen LogP contribution in [0.1, 0.15) is 34.1 Å². The molecule has 0 spiro atoms. The lowest BCUT2D eigenvalue weighted by Crippen LogP contribution is -2.49. The van der Waals surface area contributed by atoms with Crippen molar-refractivity contribution < 1.29 is 4.79 Å². The number of carbonyl (C=O) groups excluding carboxylic acids is 1. The van der Waals surface area contributed by atoms with E-state index < -0.39 is 0 Å². The van der Waals surface area contributed by atoms with Crippen molar-refractivity contribution in [3.8, 4) is 0 Å². The third-order valence-corrected chi connectivity index (χ3v) is 4.84. The lowest BCUT2D eigenvalue weighted by molar-refractivity contribution is 0.0744. The average Bonchev–Trinajstić information content (AvgIpc) is 2.63. The van der Waals surface area contributed by atoms with Gasteiger partial charge in [0.2, 0.25) is 0 Å². The average molecular weight is 324 g/mol. The molecule has 1 aromatic heterocycles. The summed E-state index contributed by atoms with van der Waals surface area (Å²) in [7, 11) is 0. The van der Waals surface area contributed by atoms with Gasteiger partial charge in [0.1, 0.15) is 6.33 Å². The molecule has 0 radical (unpaired) electrons. The number of carbonyl (C=O) groups is 1. The SMILES string of the molecule is CCc1ncncc1C(=O)N1CCN(c2cccc(C)c2C)CC1. The summed E-state index contributed by atoms with van der Waals surface area (Å²) in [6.07, 6.45) is 3.89. The second-order valence-corrected chi connectivity index (χ2v) is 6.23. The van der Waals surface area contributed by atoms with Crippen molar-refractivity contribution in [1.82, 2.24) is 14.9 Å². The smallest absolute Gasteiger partial charge is 0.257 e. The number of rotatable bonds is 3. The summed E-state index contributed by atoms with van der Waals surface area (Å²) in [6.45, 7) is 9.47. The highest BCUT2D eigenvalue weighted by Gasteiger charge is 2.24. The Kier molecular flexibility index (Phi) is 4.79. The molecule has 0 aliphatic carbocycles. The number of benzene rings is 1. The van der Waals surface area contributed by atoms with Gasteiger partial charge in [0, 0.05) is 38.1 Å². The normalized spacial score (nSPS) is 14.8. The lowest BCUT2D eigenvalue weighted by atomic mass is 10.1. The molecule has 1 saturated heterocycles. The molecule has 1 aliphatic rings. The van der Waals surface area contributed by atoms with Crippen molar-refractivity contribution in [1.29, 1.82) is 0 Å². The fourth-order valence-corrected chi connectivity index (χ4v) is 3.21. The lowest BCUT2D eigenvalue weighted by Gasteiger charge is -2.37. The van der Waals surface area contributed by atoms with Gasteiger partial charge < -0.3 is 9.80 Å². The molecule has 126 valence electrons. The van der Waals surface area contributed by atoms with E-state index in [0.29, 0.717) is 5.56 Å². The molecule has 0 bridgehead atoms. The maximum atomic E-state index is 12.8. The molecule has 2 aromatic rings. The molecule has 1 amide bonds. The van der Waals surface area contributed by atoms with Crippen molar-refractivity contribution in [2.75, 3.05) is 31.1 Å². The number of aryl methyl sites for hydroxylation is 2. The number of anilines is 1. The maximum absolute atomic E-state index is 12.8. The van der Waals surface area contributed by atoms with Crippen molar-refractivity contribution in [3.05, 3.63) is 53.1 Å². The Hall–Kier alpha value is -2.43. The topological polar surface area (TPSA) is 49.3 Å². The van der Waals surface area contributed by atoms with Crippen molar-refractivity contribution in [3.63, 3.8) is 0 Å². The van der Waals surface area contributed by atoms with Gasteiger partial charge >= 0.3 is 0 Å². The molecule has 0 N–H and O–H groups in total. The zero-order chi connectivity index (χ0) is 17.1. The first-order valence-electron chi connectivity index (χ1n) is 8.51. The van der Waals surface area contributed by atoms with Gasteiger partial charge in [-0.3, -0.25) is 4.79 Å². The van der Waals surface area contributed by atoms with E-state index in [1.165, 1.54) is 23.1 Å². The molecule has 0 atom stereocenters. The van der Waals surface area contributed by atoms with E-state index >= 15 is 0 Å². The predicted octanol–water partition coefficient (Wildman–Crippen LogP) is 2.62. The summed E-state index contributed by atoms with van der Waals surface area (Å²) < 4.78 is 0. The monoisotopic (exact) mass is 324 g/mol. The highest BCUT2D eigenvalue weighted by molar-refractivity contribution is 5.95. The van der Waals surface area contributed by atoms with Crippen molar-refractivity contribution >= 4 is 11.6 Å². The van der Waals surface area contributed by atoms with Crippen LogP contribution in [-0.2, 0) is 6.42 Å². The van der Waals surface area contributed by atoms with E-state index in [-0.39, 0.29) is 5.91 Å². The first kappa shape index (κ1) is 16.4. The van der Waals surface area contributed by atoms with Crippen LogP contribution < -0.4 is 4.90 Å². The van der Waals surface area contributed by atoms with E-state index in [0.717, 1.165) is 38.3 Å². The fourth-order valence-electron chi connectivity index (χ4n) is 3.21. The van der Waals surface area contributed by atoms with Crippen molar-refractivity contribution in [2.45, 2.75) is 27.2 Å². The number of hydrogen-bond acceptors (Lipinski definition) is 4. The van der Waals surface area contributed by atoms with Gasteiger partial charge in [-0.2, -0.15) is 0 Å². The van der Waals surface area contributed by atoms with Crippen molar-refractivity contribution in [2.24, 2.45) is 0 Å². The number of nitrogens with zero attached hydrogens (tertiary/aromatic N) is 4. The van der Waals surface area contributed by atoms with Gasteiger partial charge in [0.15, 0.2) is 0 Å². The Morgan fingerprint density at radius 2 is 1.92 bits per heavy atom. The van der Waals surface area contributed by atoms with Gasteiger partial charge in [-0.05, 0) is 37.5 Å². The Bertz CT molecular complexity index is 736. The summed E-state index contributed by atoms with van der Waals surface area (Å²) >= 11 is 0. The molecular formula is C19H24N4O. The van der Waals surface area contributed by atoms with Gasteiger partial charge in [-0.1, -0.05) is 19.1 Å². The Morgan fingerprint density at radius 1 is 1.17 bits per heavy atom. The standard InChI is InChI=1S/C19H24N4O/c1-4-17-16(12-20-13-21-17)19(24)23-10-8-22(9-11-23)18-7-5-6-14(2)15(18)3/h5-7,12-13H,4,8-11H2,1-3H3. The Morgan fingerprint density at radius 3 is 2.62 bits per heavy atom. The minimum atomic E-state index is 0.0491. The van der Waals surface area contributed by atoms with Crippen LogP contribution in [-0.4, -0.2) is 47.0 Å². The number of amides is 1. The van der Waals surface area contributed by atoms with Crippen LogP contribution in [0.3, 0.4) is 0 Å². The van der Waals surface area contributed by atoms with E-state index in [9.17, 15) is 4.79 Å². The first-order chi connectivity index (χ1) is 11.6. The summed E-state index contributed by atoms with van der Waals surface area (Å²) in [5, 5.41) is 0. The third-order valence-electron chi connectivity index (χ3n) is 4.84. The predicted molar refractivity (Wildman–Crippen MR) is 95.4 cm³/mol. The number of hydrogen-bond donors (Lipinski definition) is 0. The van der Waals surface area contributed by atoms with Crippen LogP contribution in [0, 0.1) is 13.8 Å². The summed E-state index contributed by atoms with van der Waals surface area (Å²) in [5.74, 6) is 0.0491. The summed E-state index contributed by atoms with van der Waals surface area (Å²) in [5.41, 5.74) is 5.37. The molecule has 1 aromatic carbocycles. The van der Waals surface area contributed by atoms with E-state index in [1.54, 1.807) is 6.20 Å². The first-order valence-corrected chi connectivity index (χ1v) is 8.51. The zero-order valence-corrected chi connectivity index (χ0v) is 14.6. The van der Waals surface area contributed by atoms with Crippen LogP contribution >= 0.6 is 0 Å². The largest absolute Gasteiger partial charge is 0.368 e. The molecule has 3 rings (SSSR count). The summed E-state index contributed by atoms with van der Waals surface area (Å²) in [4.78, 5) is 25.3. The highest BCUT2D eigenvalue weighted by atomic mass is 16.2. The highest BCUT2D eigenvalue weighted by Crippen LogP contribution is 2.24. The third kappa shape index (κ3) is 3.11. The van der Waals surface area contributed by atoms with E-state index in [4.69, 9.17) is 0 Å². The quantitative estimate of drug-likeness (QED) is 0.871. The van der Waals surface area contributed by atoms with E-state index in [2.05, 4.69) is 46.9 Å². The van der Waals surface area contributed by atoms with Gasteiger partial charge in [-0.25, -0.2) is 9.97 Å². The molecule has 0 saturated carbocycles. The van der Waals surface area contributed by atoms with Crippen LogP contribution in [0.5, 0.6) is 0 Å². The van der Waals surface area contributed by atoms with Gasteiger partial charge in [-0.15, -0.1) is 0 Å². The number of aromatic nitrogens is 2. The van der Waals surface area contributed by atoms with E-state index in [1.807, 2.05) is 11.8 Å². The molecule has 5 nitrogen and oxygen atoms in total. The maximum Gasteiger partial charge on any atom is 0.257 e.